The van der Waals surface area contributed by atoms with Gasteiger partial charge in [-0.05, 0) is 57.2 Å². The molecule has 0 atom stereocenters. The van der Waals surface area contributed by atoms with E-state index in [0.29, 0.717) is 34.0 Å². The number of nitrogens with one attached hydrogen (secondary N) is 1. The van der Waals surface area contributed by atoms with Crippen LogP contribution in [-0.2, 0) is 4.74 Å². The number of halogens is 1. The number of ether oxygens (including phenoxy) is 2. The van der Waals surface area contributed by atoms with Crippen molar-refractivity contribution in [1.29, 1.82) is 5.26 Å². The van der Waals surface area contributed by atoms with Crippen molar-refractivity contribution < 1.29 is 19.1 Å². The third-order valence-corrected chi connectivity index (χ3v) is 11.0. The van der Waals surface area contributed by atoms with Crippen molar-refractivity contribution in [2.45, 2.75) is 78.3 Å². The molecule has 2 aromatic rings. The smallest absolute Gasteiger partial charge is 0.410 e. The molecule has 0 aromatic heterocycles. The van der Waals surface area contributed by atoms with Crippen molar-refractivity contribution in [1.82, 2.24) is 20.0 Å². The third-order valence-electron chi connectivity index (χ3n) is 10.7. The van der Waals surface area contributed by atoms with Crippen LogP contribution in [0.4, 0.5) is 10.5 Å². The first-order valence-electron chi connectivity index (χ1n) is 17.0. The quantitative estimate of drug-likeness (QED) is 0.425. The SMILES string of the molecule is CC(C)(C)OC(=O)N1CCN(C2CN(C3CN(c4ccc(C(=O)N[C@H]5C(C)(C)[C@H](Oc6ccc(C#N)c(Cl)c6)C5(C)C)cc4)C3)C2)CC1. The molecule has 4 aliphatic rings. The van der Waals surface area contributed by atoms with Crippen LogP contribution in [0.1, 0.15) is 64.4 Å². The second kappa shape index (κ2) is 12.7. The molecule has 3 saturated heterocycles. The van der Waals surface area contributed by atoms with E-state index in [1.807, 2.05) is 49.9 Å². The first kappa shape index (κ1) is 34.3. The van der Waals surface area contributed by atoms with E-state index in [2.05, 4.69) is 53.8 Å². The maximum Gasteiger partial charge on any atom is 0.410 e. The van der Waals surface area contributed by atoms with Gasteiger partial charge in [0.25, 0.3) is 5.91 Å². The standard InChI is InChI=1S/C37H49ClN6O4/c1-35(2,3)48-34(46)42-16-14-41(15-17-42)27-20-44(21-27)28-22-43(23-28)26-11-8-24(9-12-26)31(45)40-32-36(4,5)33(37(32,6)7)47-29-13-10-25(19-39)30(38)18-29/h8-13,18,27-28,32-33H,14-17,20-23H2,1-7H3,(H,40,45)/t32-,33-. The van der Waals surface area contributed by atoms with Crippen LogP contribution in [0, 0.1) is 22.2 Å². The van der Waals surface area contributed by atoms with Crippen molar-refractivity contribution in [3.8, 4) is 11.8 Å². The average Bonchev–Trinajstić information content (AvgIpc) is 2.98. The molecule has 1 N–H and O–H groups in total. The van der Waals surface area contributed by atoms with Crippen LogP contribution in [0.25, 0.3) is 0 Å². The number of nitriles is 1. The Morgan fingerprint density at radius 3 is 2.06 bits per heavy atom. The molecule has 258 valence electrons. The maximum absolute atomic E-state index is 13.4. The van der Waals surface area contributed by atoms with Gasteiger partial charge in [-0.1, -0.05) is 39.3 Å². The zero-order valence-corrected chi connectivity index (χ0v) is 30.0. The number of carbonyl (C=O) groups excluding carboxylic acids is 2. The van der Waals surface area contributed by atoms with Gasteiger partial charge in [-0.25, -0.2) is 4.79 Å². The highest BCUT2D eigenvalue weighted by molar-refractivity contribution is 6.31. The zero-order chi connectivity index (χ0) is 34.6. The van der Waals surface area contributed by atoms with E-state index in [9.17, 15) is 14.9 Å². The fourth-order valence-electron chi connectivity index (χ4n) is 8.14. The van der Waals surface area contributed by atoms with Crippen LogP contribution in [0.2, 0.25) is 5.02 Å². The summed E-state index contributed by atoms with van der Waals surface area (Å²) in [6.07, 6.45) is -0.365. The Balaban J connectivity index is 0.939. The van der Waals surface area contributed by atoms with Crippen LogP contribution >= 0.6 is 11.6 Å². The van der Waals surface area contributed by atoms with Crippen molar-refractivity contribution in [2.24, 2.45) is 10.8 Å². The van der Waals surface area contributed by atoms with Gasteiger partial charge in [0.05, 0.1) is 10.6 Å². The van der Waals surface area contributed by atoms with Gasteiger partial charge >= 0.3 is 6.09 Å². The molecule has 0 radical (unpaired) electrons. The lowest BCUT2D eigenvalue weighted by molar-refractivity contribution is -0.164. The summed E-state index contributed by atoms with van der Waals surface area (Å²) in [6.45, 7) is 21.5. The summed E-state index contributed by atoms with van der Waals surface area (Å²) in [4.78, 5) is 35.0. The largest absolute Gasteiger partial charge is 0.489 e. The lowest BCUT2D eigenvalue weighted by atomic mass is 9.49. The molecule has 0 spiro atoms. The highest BCUT2D eigenvalue weighted by atomic mass is 35.5. The third kappa shape index (κ3) is 6.70. The number of hydrogen-bond donors (Lipinski definition) is 1. The summed E-state index contributed by atoms with van der Waals surface area (Å²) in [5, 5.41) is 12.8. The monoisotopic (exact) mass is 676 g/mol. The normalized spacial score (nSPS) is 24.5. The number of likely N-dealkylation sites (tertiary alicyclic amines) is 1. The number of hydrogen-bond acceptors (Lipinski definition) is 8. The van der Waals surface area contributed by atoms with Crippen LogP contribution < -0.4 is 15.0 Å². The van der Waals surface area contributed by atoms with Gasteiger partial charge in [-0.3, -0.25) is 14.6 Å². The minimum atomic E-state index is -0.465. The molecule has 4 fully saturated rings. The van der Waals surface area contributed by atoms with E-state index in [1.54, 1.807) is 18.2 Å². The second-order valence-corrected chi connectivity index (χ2v) is 16.4. The molecule has 3 heterocycles. The minimum Gasteiger partial charge on any atom is -0.489 e. The molecule has 1 aliphatic carbocycles. The highest BCUT2D eigenvalue weighted by Gasteiger charge is 2.64. The van der Waals surface area contributed by atoms with Crippen molar-refractivity contribution in [2.75, 3.05) is 57.3 Å². The lowest BCUT2D eigenvalue weighted by Gasteiger charge is -2.63. The summed E-state index contributed by atoms with van der Waals surface area (Å²) in [5.74, 6) is 0.524. The lowest BCUT2D eigenvalue weighted by Crippen LogP contribution is -2.74. The Labute approximate surface area is 289 Å². The van der Waals surface area contributed by atoms with Gasteiger partial charge in [0, 0.05) is 98.6 Å². The second-order valence-electron chi connectivity index (χ2n) is 16.0. The van der Waals surface area contributed by atoms with E-state index < -0.39 is 5.60 Å². The van der Waals surface area contributed by atoms with Gasteiger partial charge in [-0.15, -0.1) is 0 Å². The predicted octanol–water partition coefficient (Wildman–Crippen LogP) is 5.25. The molecular formula is C37H49ClN6O4. The summed E-state index contributed by atoms with van der Waals surface area (Å²) < 4.78 is 11.9. The van der Waals surface area contributed by atoms with Gasteiger partial charge < -0.3 is 24.6 Å². The summed E-state index contributed by atoms with van der Waals surface area (Å²) in [7, 11) is 0. The van der Waals surface area contributed by atoms with Crippen molar-refractivity contribution in [3.63, 3.8) is 0 Å². The molecule has 10 nitrogen and oxygen atoms in total. The number of carbonyl (C=O) groups is 2. The molecule has 2 aromatic carbocycles. The number of amides is 2. The Hall–Kier alpha value is -3.52. The van der Waals surface area contributed by atoms with Crippen molar-refractivity contribution in [3.05, 3.63) is 58.6 Å². The van der Waals surface area contributed by atoms with E-state index in [0.717, 1.165) is 58.0 Å². The molecule has 0 unspecified atom stereocenters. The molecule has 11 heteroatoms. The van der Waals surface area contributed by atoms with E-state index in [1.165, 1.54) is 0 Å². The highest BCUT2D eigenvalue weighted by Crippen LogP contribution is 2.55. The van der Waals surface area contributed by atoms with Crippen LogP contribution in [0.3, 0.4) is 0 Å². The Morgan fingerprint density at radius 2 is 1.50 bits per heavy atom. The summed E-state index contributed by atoms with van der Waals surface area (Å²) in [5.41, 5.74) is 1.08. The maximum atomic E-state index is 13.4. The molecular weight excluding hydrogens is 628 g/mol. The van der Waals surface area contributed by atoms with Gasteiger partial charge in [0.2, 0.25) is 0 Å². The number of anilines is 1. The number of rotatable bonds is 7. The van der Waals surface area contributed by atoms with Crippen LogP contribution in [-0.4, -0.2) is 109 Å². The number of benzene rings is 2. The van der Waals surface area contributed by atoms with Gasteiger partial charge in [0.15, 0.2) is 0 Å². The minimum absolute atomic E-state index is 0.0902. The van der Waals surface area contributed by atoms with Crippen LogP contribution in [0.15, 0.2) is 42.5 Å². The molecule has 48 heavy (non-hydrogen) atoms. The average molecular weight is 677 g/mol. The number of nitrogens with zero attached hydrogens (tertiary/aromatic N) is 5. The van der Waals surface area contributed by atoms with Crippen molar-refractivity contribution >= 4 is 29.3 Å². The molecule has 0 bridgehead atoms. The zero-order valence-electron chi connectivity index (χ0n) is 29.3. The Morgan fingerprint density at radius 1 is 0.896 bits per heavy atom. The summed E-state index contributed by atoms with van der Waals surface area (Å²) in [6, 6.07) is 16.1. The Bertz CT molecular complexity index is 1550. The molecule has 3 aliphatic heterocycles. The molecule has 6 rings (SSSR count). The Kier molecular flexibility index (Phi) is 9.12. The first-order valence-corrected chi connectivity index (χ1v) is 17.4. The first-order chi connectivity index (χ1) is 22.6. The molecule has 1 saturated carbocycles. The van der Waals surface area contributed by atoms with E-state index >= 15 is 0 Å². The van der Waals surface area contributed by atoms with Crippen LogP contribution in [0.5, 0.6) is 5.75 Å². The summed E-state index contributed by atoms with van der Waals surface area (Å²) >= 11 is 6.23. The molecule has 2 amide bonds. The van der Waals surface area contributed by atoms with Gasteiger partial charge in [-0.2, -0.15) is 5.26 Å². The fraction of sp³-hybridized carbons (Fsp3) is 0.595. The van der Waals surface area contributed by atoms with Gasteiger partial charge in [0.1, 0.15) is 23.5 Å². The fourth-order valence-corrected chi connectivity index (χ4v) is 8.36. The van der Waals surface area contributed by atoms with E-state index in [-0.39, 0.29) is 35.0 Å². The number of piperazine rings is 1. The van der Waals surface area contributed by atoms with E-state index in [4.69, 9.17) is 21.1 Å². The topological polar surface area (TPSA) is 101 Å². The predicted molar refractivity (Wildman–Crippen MR) is 187 cm³/mol.